The minimum Gasteiger partial charge on any atom is -0.475 e. The highest BCUT2D eigenvalue weighted by Crippen LogP contribution is 2.35. The van der Waals surface area contributed by atoms with Gasteiger partial charge in [-0.3, -0.25) is 9.40 Å². The number of thioether (sulfide) groups is 1. The van der Waals surface area contributed by atoms with Crippen molar-refractivity contribution in [3.05, 3.63) is 31.0 Å². The number of H-pyrrole nitrogens is 2. The molecule has 0 bridgehead atoms. The van der Waals surface area contributed by atoms with Crippen LogP contribution in [0.5, 0.6) is 0 Å². The molecule has 18 heteroatoms. The number of nitrogens with zero attached hydrogens (tertiary/aromatic N) is 6. The zero-order valence-electron chi connectivity index (χ0n) is 20.4. The number of alkyl halides is 3. The minimum atomic E-state index is -5.08. The van der Waals surface area contributed by atoms with Gasteiger partial charge in [-0.25, -0.2) is 23.2 Å². The van der Waals surface area contributed by atoms with Crippen LogP contribution >= 0.6 is 11.8 Å². The number of nitrogens with one attached hydrogen (secondary N) is 3. The highest BCUT2D eigenvalue weighted by Gasteiger charge is 2.38. The van der Waals surface area contributed by atoms with E-state index >= 15 is 0 Å². The molecule has 4 aromatic heterocycles. The minimum absolute atomic E-state index is 0.147. The Balaban J connectivity index is 0.000000448. The second kappa shape index (κ2) is 11.6. The van der Waals surface area contributed by atoms with Crippen LogP contribution in [0.25, 0.3) is 22.3 Å². The average Bonchev–Trinajstić information content (AvgIpc) is 3.62. The third kappa shape index (κ3) is 7.69. The number of carboxylic acid groups (broad SMARTS) is 1. The first kappa shape index (κ1) is 28.3. The van der Waals surface area contributed by atoms with Crippen molar-refractivity contribution in [1.82, 2.24) is 39.9 Å². The van der Waals surface area contributed by atoms with Gasteiger partial charge in [0, 0.05) is 29.1 Å². The summed E-state index contributed by atoms with van der Waals surface area (Å²) in [5.41, 5.74) is 2.72. The maximum atomic E-state index is 11.3. The number of aromatic nitrogens is 8. The molecule has 1 aliphatic carbocycles. The number of carboxylic acids is 1. The molecule has 1 saturated carbocycles. The largest absolute Gasteiger partial charge is 0.490 e. The van der Waals surface area contributed by atoms with E-state index in [0.717, 1.165) is 60.0 Å². The topological polar surface area (TPSA) is 184 Å². The summed E-state index contributed by atoms with van der Waals surface area (Å²) in [4.78, 5) is 23.6. The molecule has 0 amide bonds. The summed E-state index contributed by atoms with van der Waals surface area (Å²) in [5.74, 6) is -1.12. The Bertz CT molecular complexity index is 1530. The van der Waals surface area contributed by atoms with Crippen molar-refractivity contribution in [2.24, 2.45) is 5.92 Å². The molecule has 0 spiro atoms. The fourth-order valence-electron chi connectivity index (χ4n) is 4.07. The zero-order chi connectivity index (χ0) is 28.2. The first-order valence-electron chi connectivity index (χ1n) is 11.5. The number of anilines is 1. The fraction of sp³-hybridized carbons (Fsp3) is 0.429. The summed E-state index contributed by atoms with van der Waals surface area (Å²) in [6.45, 7) is 0. The normalized spacial score (nSPS) is 17.9. The average molecular weight is 588 g/mol. The molecule has 0 saturated heterocycles. The number of rotatable bonds is 7. The lowest BCUT2D eigenvalue weighted by atomic mass is 9.87. The predicted molar refractivity (Wildman–Crippen MR) is 135 cm³/mol. The molecule has 1 aliphatic rings. The van der Waals surface area contributed by atoms with Crippen LogP contribution in [0.15, 0.2) is 36.1 Å². The van der Waals surface area contributed by atoms with E-state index < -0.39 is 22.2 Å². The van der Waals surface area contributed by atoms with Crippen molar-refractivity contribution in [1.29, 1.82) is 0 Å². The van der Waals surface area contributed by atoms with Crippen LogP contribution < -0.4 is 4.72 Å². The van der Waals surface area contributed by atoms with E-state index in [-0.39, 0.29) is 5.95 Å². The van der Waals surface area contributed by atoms with Crippen LogP contribution in [0.2, 0.25) is 0 Å². The molecule has 39 heavy (non-hydrogen) atoms. The van der Waals surface area contributed by atoms with Crippen molar-refractivity contribution in [2.45, 2.75) is 43.1 Å². The quantitative estimate of drug-likeness (QED) is 0.233. The zero-order valence-corrected chi connectivity index (χ0v) is 22.0. The molecule has 210 valence electrons. The Morgan fingerprint density at radius 3 is 2.62 bits per heavy atom. The SMILES string of the molecule is CS(=O)(=O)Nc1nnc(SC[C@H]2CC[C@@H](n3cc(-c4ncnc5[nH]ccc45)cn3)CC2)[nH]1.O=C(O)C(F)(F)F. The van der Waals surface area contributed by atoms with E-state index in [2.05, 4.69) is 50.8 Å². The summed E-state index contributed by atoms with van der Waals surface area (Å²) in [6.07, 6.45) is 7.73. The van der Waals surface area contributed by atoms with Crippen LogP contribution in [0.4, 0.5) is 19.1 Å². The van der Waals surface area contributed by atoms with E-state index in [1.165, 1.54) is 0 Å². The summed E-state index contributed by atoms with van der Waals surface area (Å²) in [5, 5.41) is 21.2. The number of aliphatic carboxylic acids is 1. The lowest BCUT2D eigenvalue weighted by Gasteiger charge is -2.28. The van der Waals surface area contributed by atoms with Crippen molar-refractivity contribution < 1.29 is 31.5 Å². The molecule has 0 unspecified atom stereocenters. The molecule has 4 heterocycles. The summed E-state index contributed by atoms with van der Waals surface area (Å²) >= 11 is 1.57. The lowest BCUT2D eigenvalue weighted by molar-refractivity contribution is -0.192. The second-order valence-corrected chi connectivity index (χ2v) is 11.6. The maximum Gasteiger partial charge on any atom is 0.490 e. The number of carbonyl (C=O) groups is 1. The standard InChI is InChI=1S/C19H23N9O2S2.C2HF3O2/c1-32(29,30)27-18-24-19(26-25-18)31-10-12-2-4-14(5-3-12)28-9-13(8-23-28)16-15-6-7-20-17(15)22-11-21-16;3-2(4,5)1(6)7/h6-9,11-12,14H,2-5,10H2,1H3,(H,20,21,22)(H2,24,25,26,27);(H,6,7)/t12-,14+;. The van der Waals surface area contributed by atoms with Crippen molar-refractivity contribution in [3.63, 3.8) is 0 Å². The van der Waals surface area contributed by atoms with E-state index in [9.17, 15) is 21.6 Å². The van der Waals surface area contributed by atoms with E-state index in [1.54, 1.807) is 18.1 Å². The van der Waals surface area contributed by atoms with Gasteiger partial charge in [-0.05, 0) is 37.7 Å². The maximum absolute atomic E-state index is 11.3. The van der Waals surface area contributed by atoms with Gasteiger partial charge in [0.05, 0.1) is 24.2 Å². The smallest absolute Gasteiger partial charge is 0.475 e. The van der Waals surface area contributed by atoms with Gasteiger partial charge < -0.3 is 15.1 Å². The predicted octanol–water partition coefficient (Wildman–Crippen LogP) is 3.47. The van der Waals surface area contributed by atoms with Crippen LogP contribution in [-0.4, -0.2) is 77.6 Å². The molecular formula is C21H24F3N9O4S2. The molecule has 0 radical (unpaired) electrons. The number of halogens is 3. The Labute approximate surface area is 224 Å². The number of hydrogen-bond donors (Lipinski definition) is 4. The lowest BCUT2D eigenvalue weighted by Crippen LogP contribution is -2.21. The van der Waals surface area contributed by atoms with Crippen molar-refractivity contribution in [3.8, 4) is 11.3 Å². The van der Waals surface area contributed by atoms with E-state index in [4.69, 9.17) is 9.90 Å². The van der Waals surface area contributed by atoms with Crippen LogP contribution in [-0.2, 0) is 14.8 Å². The first-order chi connectivity index (χ1) is 18.4. The van der Waals surface area contributed by atoms with Crippen LogP contribution in [0.1, 0.15) is 31.7 Å². The molecule has 1 fully saturated rings. The summed E-state index contributed by atoms with van der Waals surface area (Å²) in [7, 11) is -3.37. The van der Waals surface area contributed by atoms with E-state index in [0.29, 0.717) is 17.1 Å². The Morgan fingerprint density at radius 2 is 1.95 bits per heavy atom. The molecule has 0 aliphatic heterocycles. The van der Waals surface area contributed by atoms with Crippen LogP contribution in [0.3, 0.4) is 0 Å². The Morgan fingerprint density at radius 1 is 1.23 bits per heavy atom. The fourth-order valence-corrected chi connectivity index (χ4v) is 5.51. The van der Waals surface area contributed by atoms with Crippen molar-refractivity contribution in [2.75, 3.05) is 16.7 Å². The molecule has 4 aromatic rings. The van der Waals surface area contributed by atoms with Gasteiger partial charge in [0.2, 0.25) is 16.0 Å². The van der Waals surface area contributed by atoms with Gasteiger partial charge >= 0.3 is 12.1 Å². The molecule has 0 aromatic carbocycles. The second-order valence-electron chi connectivity index (χ2n) is 8.81. The van der Waals surface area contributed by atoms with Crippen LogP contribution in [0, 0.1) is 5.92 Å². The monoisotopic (exact) mass is 587 g/mol. The first-order valence-corrected chi connectivity index (χ1v) is 14.4. The van der Waals surface area contributed by atoms with Gasteiger partial charge in [0.1, 0.15) is 12.0 Å². The number of hydrogen-bond acceptors (Lipinski definition) is 9. The molecule has 13 nitrogen and oxygen atoms in total. The third-order valence-electron chi connectivity index (χ3n) is 5.87. The summed E-state index contributed by atoms with van der Waals surface area (Å²) < 4.78 is 58.6. The number of aromatic amines is 2. The Kier molecular flexibility index (Phi) is 8.43. The molecule has 5 rings (SSSR count). The van der Waals surface area contributed by atoms with Gasteiger partial charge in [0.15, 0.2) is 5.16 Å². The third-order valence-corrected chi connectivity index (χ3v) is 7.53. The molecule has 0 atom stereocenters. The number of sulfonamides is 1. The van der Waals surface area contributed by atoms with Crippen molar-refractivity contribution >= 4 is 44.7 Å². The molecular weight excluding hydrogens is 563 g/mol. The van der Waals surface area contributed by atoms with E-state index in [1.807, 2.05) is 18.5 Å². The highest BCUT2D eigenvalue weighted by molar-refractivity contribution is 7.99. The van der Waals surface area contributed by atoms with Gasteiger partial charge in [-0.1, -0.05) is 11.8 Å². The number of fused-ring (bicyclic) bond motifs is 1. The summed E-state index contributed by atoms with van der Waals surface area (Å²) in [6, 6.07) is 2.36. The van der Waals surface area contributed by atoms with Gasteiger partial charge in [-0.2, -0.15) is 18.3 Å². The van der Waals surface area contributed by atoms with Gasteiger partial charge in [0.25, 0.3) is 0 Å². The molecule has 4 N–H and O–H groups in total. The highest BCUT2D eigenvalue weighted by atomic mass is 32.2. The van der Waals surface area contributed by atoms with Gasteiger partial charge in [-0.15, -0.1) is 10.2 Å². The Hall–Kier alpha value is -3.67.